The number of aldehydes is 1. The maximum atomic E-state index is 14.2. The summed E-state index contributed by atoms with van der Waals surface area (Å²) in [5, 5.41) is 0. The number of fused-ring (bicyclic) bond motifs is 2. The van der Waals surface area contributed by atoms with E-state index in [-0.39, 0.29) is 5.82 Å². The SMILES string of the molecule is Nc1nc(F)nc2c1nc(Cc1cc3c(cc1-c1ccco1)CCS3)n2CCC1CCN(CC=O)CC1. The minimum absolute atomic E-state index is 0.0560. The predicted molar refractivity (Wildman–Crippen MR) is 141 cm³/mol. The molecule has 37 heavy (non-hydrogen) atoms. The average molecular weight is 521 g/mol. The summed E-state index contributed by atoms with van der Waals surface area (Å²) < 4.78 is 22.0. The molecule has 0 bridgehead atoms. The van der Waals surface area contributed by atoms with Gasteiger partial charge in [-0.1, -0.05) is 0 Å². The van der Waals surface area contributed by atoms with Crippen LogP contribution < -0.4 is 5.73 Å². The highest BCUT2D eigenvalue weighted by atomic mass is 32.2. The van der Waals surface area contributed by atoms with Crippen molar-refractivity contribution in [3.8, 4) is 11.3 Å². The molecule has 8 nitrogen and oxygen atoms in total. The molecule has 192 valence electrons. The molecule has 4 aromatic rings. The minimum atomic E-state index is -0.843. The van der Waals surface area contributed by atoms with Crippen molar-refractivity contribution in [2.75, 3.05) is 31.1 Å². The molecule has 6 rings (SSSR count). The zero-order valence-corrected chi connectivity index (χ0v) is 21.3. The number of thioether (sulfide) groups is 1. The number of hydrogen-bond acceptors (Lipinski definition) is 8. The predicted octanol–water partition coefficient (Wildman–Crippen LogP) is 4.35. The molecule has 2 aliphatic rings. The zero-order chi connectivity index (χ0) is 25.4. The molecule has 1 fully saturated rings. The molecule has 5 heterocycles. The average Bonchev–Trinajstić information content (AvgIpc) is 3.64. The van der Waals surface area contributed by atoms with Crippen LogP contribution in [-0.4, -0.2) is 56.1 Å². The number of carbonyl (C=O) groups excluding carboxylic acids is 1. The van der Waals surface area contributed by atoms with Gasteiger partial charge in [-0.05, 0) is 80.1 Å². The third kappa shape index (κ3) is 4.87. The standard InChI is InChI=1S/C27H29FN6O2S/c28-27-31-25(29)24-26(32-27)34(9-5-17-3-7-33(8-4-17)10-11-35)23(30-24)16-19-15-22-18(6-13-37-22)14-20(19)21-2-1-12-36-21/h1-2,11-12,14-15,17H,3-10,13,16H2,(H2,29,31,32). The summed E-state index contributed by atoms with van der Waals surface area (Å²) in [7, 11) is 0. The van der Waals surface area contributed by atoms with Crippen LogP contribution in [0.2, 0.25) is 0 Å². The normalized spacial score (nSPS) is 16.5. The van der Waals surface area contributed by atoms with Crippen LogP contribution in [0.25, 0.3) is 22.5 Å². The lowest BCUT2D eigenvalue weighted by Crippen LogP contribution is -2.35. The second-order valence-electron chi connectivity index (χ2n) is 9.80. The first-order valence-electron chi connectivity index (χ1n) is 12.8. The molecule has 0 unspecified atom stereocenters. The lowest BCUT2D eigenvalue weighted by atomic mass is 9.93. The van der Waals surface area contributed by atoms with Gasteiger partial charge in [0, 0.05) is 29.2 Å². The van der Waals surface area contributed by atoms with Gasteiger partial charge in [-0.3, -0.25) is 4.90 Å². The van der Waals surface area contributed by atoms with Crippen LogP contribution in [-0.2, 0) is 24.2 Å². The van der Waals surface area contributed by atoms with E-state index in [1.807, 2.05) is 28.5 Å². The summed E-state index contributed by atoms with van der Waals surface area (Å²) in [5.41, 5.74) is 10.5. The van der Waals surface area contributed by atoms with E-state index in [2.05, 4.69) is 27.0 Å². The van der Waals surface area contributed by atoms with E-state index in [1.54, 1.807) is 6.26 Å². The van der Waals surface area contributed by atoms with Gasteiger partial charge < -0.3 is 19.5 Å². The second kappa shape index (κ2) is 10.3. The Morgan fingerprint density at radius 3 is 2.86 bits per heavy atom. The molecule has 0 saturated carbocycles. The molecule has 2 N–H and O–H groups in total. The molecule has 0 amide bonds. The van der Waals surface area contributed by atoms with Crippen LogP contribution in [0.3, 0.4) is 0 Å². The number of likely N-dealkylation sites (tertiary alicyclic amines) is 1. The first-order chi connectivity index (χ1) is 18.1. The van der Waals surface area contributed by atoms with Crippen LogP contribution in [0.1, 0.15) is 36.2 Å². The van der Waals surface area contributed by atoms with Gasteiger partial charge in [-0.25, -0.2) is 4.98 Å². The fourth-order valence-electron chi connectivity index (χ4n) is 5.53. The van der Waals surface area contributed by atoms with Gasteiger partial charge in [0.25, 0.3) is 0 Å². The third-order valence-electron chi connectivity index (χ3n) is 7.52. The molecular formula is C27H29FN6O2S. The summed E-state index contributed by atoms with van der Waals surface area (Å²) in [6.45, 7) is 3.00. The van der Waals surface area contributed by atoms with Crippen molar-refractivity contribution in [3.63, 3.8) is 0 Å². The number of nitrogens with two attached hydrogens (primary N) is 1. The number of hydrogen-bond donors (Lipinski definition) is 1. The molecule has 0 atom stereocenters. The monoisotopic (exact) mass is 520 g/mol. The van der Waals surface area contributed by atoms with E-state index >= 15 is 0 Å². The Morgan fingerprint density at radius 1 is 1.22 bits per heavy atom. The Hall–Kier alpha value is -3.24. The van der Waals surface area contributed by atoms with Crippen molar-refractivity contribution in [1.29, 1.82) is 0 Å². The number of furan rings is 1. The number of carbonyl (C=O) groups is 1. The summed E-state index contributed by atoms with van der Waals surface area (Å²) in [4.78, 5) is 27.0. The molecule has 3 aromatic heterocycles. The highest BCUT2D eigenvalue weighted by Crippen LogP contribution is 2.38. The van der Waals surface area contributed by atoms with Gasteiger partial charge in [0.15, 0.2) is 17.0 Å². The van der Waals surface area contributed by atoms with E-state index in [0.29, 0.717) is 36.6 Å². The Bertz CT molecular complexity index is 1430. The fourth-order valence-corrected chi connectivity index (χ4v) is 6.64. The first-order valence-corrected chi connectivity index (χ1v) is 13.7. The maximum Gasteiger partial charge on any atom is 0.312 e. The van der Waals surface area contributed by atoms with Crippen LogP contribution in [0, 0.1) is 12.0 Å². The zero-order valence-electron chi connectivity index (χ0n) is 20.5. The number of anilines is 1. The largest absolute Gasteiger partial charge is 0.464 e. The van der Waals surface area contributed by atoms with Gasteiger partial charge in [-0.15, -0.1) is 11.8 Å². The lowest BCUT2D eigenvalue weighted by molar-refractivity contribution is -0.109. The number of halogens is 1. The van der Waals surface area contributed by atoms with Crippen LogP contribution in [0.5, 0.6) is 0 Å². The molecule has 0 radical (unpaired) electrons. The van der Waals surface area contributed by atoms with Crippen molar-refractivity contribution in [2.24, 2.45) is 5.92 Å². The number of aryl methyl sites for hydroxylation is 2. The van der Waals surface area contributed by atoms with Crippen molar-refractivity contribution in [3.05, 3.63) is 53.6 Å². The van der Waals surface area contributed by atoms with Crippen LogP contribution >= 0.6 is 11.8 Å². The second-order valence-corrected chi connectivity index (χ2v) is 10.9. The van der Waals surface area contributed by atoms with E-state index in [1.165, 1.54) is 10.5 Å². The highest BCUT2D eigenvalue weighted by Gasteiger charge is 2.24. The number of aromatic nitrogens is 4. The molecule has 10 heteroatoms. The summed E-state index contributed by atoms with van der Waals surface area (Å²) in [6, 6.07) is 8.35. The van der Waals surface area contributed by atoms with E-state index in [9.17, 15) is 9.18 Å². The van der Waals surface area contributed by atoms with Crippen molar-refractivity contribution in [2.45, 2.75) is 43.5 Å². The molecule has 1 aromatic carbocycles. The smallest absolute Gasteiger partial charge is 0.312 e. The molecule has 0 spiro atoms. The lowest BCUT2D eigenvalue weighted by Gasteiger charge is -2.30. The maximum absolute atomic E-state index is 14.2. The van der Waals surface area contributed by atoms with Crippen molar-refractivity contribution >= 4 is 35.0 Å². The summed E-state index contributed by atoms with van der Waals surface area (Å²) in [6.07, 6.45) is 6.39. The Labute approximate surface area is 218 Å². The van der Waals surface area contributed by atoms with E-state index in [4.69, 9.17) is 15.1 Å². The van der Waals surface area contributed by atoms with Gasteiger partial charge >= 0.3 is 6.08 Å². The van der Waals surface area contributed by atoms with E-state index in [0.717, 1.165) is 73.5 Å². The van der Waals surface area contributed by atoms with Crippen LogP contribution in [0.15, 0.2) is 39.8 Å². The summed E-state index contributed by atoms with van der Waals surface area (Å²) in [5.74, 6) is 3.26. The Morgan fingerprint density at radius 2 is 2.08 bits per heavy atom. The summed E-state index contributed by atoms with van der Waals surface area (Å²) >= 11 is 1.87. The van der Waals surface area contributed by atoms with Gasteiger partial charge in [0.2, 0.25) is 0 Å². The number of nitrogens with zero attached hydrogens (tertiary/aromatic N) is 5. The van der Waals surface area contributed by atoms with E-state index < -0.39 is 6.08 Å². The number of imidazole rings is 1. The van der Waals surface area contributed by atoms with Crippen molar-refractivity contribution < 1.29 is 13.6 Å². The molecular weight excluding hydrogens is 491 g/mol. The van der Waals surface area contributed by atoms with Gasteiger partial charge in [-0.2, -0.15) is 14.4 Å². The Balaban J connectivity index is 1.34. The third-order valence-corrected chi connectivity index (χ3v) is 8.62. The first kappa shape index (κ1) is 24.1. The molecule has 2 aliphatic heterocycles. The highest BCUT2D eigenvalue weighted by molar-refractivity contribution is 7.99. The fraction of sp³-hybridized carbons (Fsp3) is 0.407. The quantitative estimate of drug-likeness (QED) is 0.270. The Kier molecular flexibility index (Phi) is 6.69. The van der Waals surface area contributed by atoms with Gasteiger partial charge in [0.1, 0.15) is 17.9 Å². The minimum Gasteiger partial charge on any atom is -0.464 e. The molecule has 0 aliphatic carbocycles. The molecule has 1 saturated heterocycles. The number of benzene rings is 1. The topological polar surface area (TPSA) is 103 Å². The number of nitrogen functional groups attached to an aromatic ring is 1. The van der Waals surface area contributed by atoms with Crippen LogP contribution in [0.4, 0.5) is 10.2 Å². The van der Waals surface area contributed by atoms with Crippen molar-refractivity contribution in [1.82, 2.24) is 24.4 Å². The van der Waals surface area contributed by atoms with Gasteiger partial charge in [0.05, 0.1) is 12.8 Å². The number of piperidine rings is 1. The number of rotatable bonds is 8.